The Hall–Kier alpha value is -1.69. The smallest absolute Gasteiger partial charge is 0.203 e. The monoisotopic (exact) mass is 233 g/mol. The van der Waals surface area contributed by atoms with Crippen LogP contribution in [0.25, 0.3) is 5.65 Å². The highest BCUT2D eigenvalue weighted by atomic mass is 16.3. The molecule has 2 aromatic heterocycles. The molecule has 0 radical (unpaired) electrons. The second kappa shape index (κ2) is 3.96. The van der Waals surface area contributed by atoms with Crippen LogP contribution in [0.3, 0.4) is 0 Å². The zero-order valence-electron chi connectivity index (χ0n) is 9.69. The van der Waals surface area contributed by atoms with Crippen LogP contribution in [0.4, 0.5) is 5.82 Å². The van der Waals surface area contributed by atoms with Gasteiger partial charge in [0.2, 0.25) is 5.65 Å². The van der Waals surface area contributed by atoms with Gasteiger partial charge < -0.3 is 10.0 Å². The highest BCUT2D eigenvalue weighted by Crippen LogP contribution is 2.29. The van der Waals surface area contributed by atoms with Crippen molar-refractivity contribution in [2.45, 2.75) is 18.9 Å². The van der Waals surface area contributed by atoms with Crippen molar-refractivity contribution < 1.29 is 5.11 Å². The fraction of sp³-hybridized carbons (Fsp3) is 0.545. The Morgan fingerprint density at radius 2 is 2.35 bits per heavy atom. The van der Waals surface area contributed by atoms with Crippen LogP contribution in [0.2, 0.25) is 0 Å². The van der Waals surface area contributed by atoms with Crippen molar-refractivity contribution in [3.8, 4) is 0 Å². The van der Waals surface area contributed by atoms with Crippen LogP contribution in [0, 0.1) is 5.92 Å². The van der Waals surface area contributed by atoms with Gasteiger partial charge in [0.05, 0.1) is 6.10 Å². The summed E-state index contributed by atoms with van der Waals surface area (Å²) in [6, 6.07) is 0. The molecule has 0 unspecified atom stereocenters. The normalized spacial score (nSPS) is 23.6. The van der Waals surface area contributed by atoms with E-state index in [1.165, 1.54) is 0 Å². The predicted molar refractivity (Wildman–Crippen MR) is 62.8 cm³/mol. The fourth-order valence-corrected chi connectivity index (χ4v) is 2.34. The molecule has 17 heavy (non-hydrogen) atoms. The van der Waals surface area contributed by atoms with Crippen molar-refractivity contribution in [1.82, 2.24) is 19.6 Å². The van der Waals surface area contributed by atoms with Crippen LogP contribution in [-0.2, 0) is 0 Å². The summed E-state index contributed by atoms with van der Waals surface area (Å²) in [5.74, 6) is 1.39. The van der Waals surface area contributed by atoms with Crippen LogP contribution in [-0.4, -0.2) is 44.4 Å². The number of aromatic nitrogens is 4. The van der Waals surface area contributed by atoms with Gasteiger partial charge in [-0.3, -0.25) is 4.40 Å². The first-order valence-electron chi connectivity index (χ1n) is 5.77. The van der Waals surface area contributed by atoms with Gasteiger partial charge in [-0.2, -0.15) is 0 Å². The largest absolute Gasteiger partial charge is 0.393 e. The van der Waals surface area contributed by atoms with E-state index in [9.17, 15) is 5.11 Å². The van der Waals surface area contributed by atoms with Crippen LogP contribution in [0.15, 0.2) is 18.7 Å². The van der Waals surface area contributed by atoms with E-state index in [0.717, 1.165) is 30.9 Å². The zero-order chi connectivity index (χ0) is 11.8. The Morgan fingerprint density at radius 1 is 1.53 bits per heavy atom. The fourth-order valence-electron chi connectivity index (χ4n) is 2.34. The number of fused-ring (bicyclic) bond motifs is 1. The Labute approximate surface area is 98.9 Å². The van der Waals surface area contributed by atoms with Gasteiger partial charge >= 0.3 is 0 Å². The van der Waals surface area contributed by atoms with E-state index >= 15 is 0 Å². The van der Waals surface area contributed by atoms with Gasteiger partial charge in [0.25, 0.3) is 0 Å². The number of hydrogen-bond donors (Lipinski definition) is 1. The molecule has 0 amide bonds. The van der Waals surface area contributed by atoms with E-state index in [4.69, 9.17) is 0 Å². The molecule has 1 fully saturated rings. The summed E-state index contributed by atoms with van der Waals surface area (Å²) in [5.41, 5.74) is 0.773. The van der Waals surface area contributed by atoms with Crippen LogP contribution < -0.4 is 4.90 Å². The third kappa shape index (κ3) is 1.84. The molecule has 2 heterocycles. The van der Waals surface area contributed by atoms with Crippen molar-refractivity contribution in [1.29, 1.82) is 0 Å². The molecule has 0 atom stereocenters. The maximum Gasteiger partial charge on any atom is 0.203 e. The highest BCUT2D eigenvalue weighted by Gasteiger charge is 2.28. The molecule has 1 aliphatic rings. The van der Waals surface area contributed by atoms with Crippen molar-refractivity contribution >= 4 is 11.5 Å². The second-order valence-electron chi connectivity index (χ2n) is 4.68. The lowest BCUT2D eigenvalue weighted by molar-refractivity contribution is 0.0464. The summed E-state index contributed by atoms with van der Waals surface area (Å²) in [4.78, 5) is 6.43. The lowest BCUT2D eigenvalue weighted by Crippen LogP contribution is -2.37. The van der Waals surface area contributed by atoms with Gasteiger partial charge in [0.1, 0.15) is 6.33 Å². The third-order valence-corrected chi connectivity index (χ3v) is 3.30. The molecule has 1 saturated carbocycles. The lowest BCUT2D eigenvalue weighted by Gasteiger charge is -2.34. The molecule has 0 aliphatic heterocycles. The van der Waals surface area contributed by atoms with Crippen molar-refractivity contribution in [2.75, 3.05) is 18.5 Å². The minimum absolute atomic E-state index is 0.106. The molecule has 6 heteroatoms. The first-order chi connectivity index (χ1) is 8.24. The Kier molecular flexibility index (Phi) is 2.44. The average molecular weight is 233 g/mol. The maximum absolute atomic E-state index is 9.28. The van der Waals surface area contributed by atoms with E-state index in [1.807, 2.05) is 17.6 Å². The molecule has 0 spiro atoms. The molecular weight excluding hydrogens is 218 g/mol. The molecule has 0 aromatic carbocycles. The Morgan fingerprint density at radius 3 is 3.12 bits per heavy atom. The summed E-state index contributed by atoms with van der Waals surface area (Å²) in [6.45, 7) is 0.899. The summed E-state index contributed by atoms with van der Waals surface area (Å²) < 4.78 is 1.86. The number of nitrogens with zero attached hydrogens (tertiary/aromatic N) is 5. The second-order valence-corrected chi connectivity index (χ2v) is 4.68. The molecule has 1 aliphatic carbocycles. The molecule has 90 valence electrons. The standard InChI is InChI=1S/C11H15N5O/c1-15(6-8-4-9(17)5-8)10-11-14-13-7-16(11)3-2-12-10/h2-3,7-9,17H,4-6H2,1H3. The van der Waals surface area contributed by atoms with Gasteiger partial charge in [-0.05, 0) is 18.8 Å². The number of hydrogen-bond acceptors (Lipinski definition) is 5. The first-order valence-corrected chi connectivity index (χ1v) is 5.77. The quantitative estimate of drug-likeness (QED) is 0.827. The van der Waals surface area contributed by atoms with Gasteiger partial charge in [0.15, 0.2) is 5.82 Å². The maximum atomic E-state index is 9.28. The minimum atomic E-state index is -0.106. The zero-order valence-corrected chi connectivity index (χ0v) is 9.69. The van der Waals surface area contributed by atoms with E-state index in [2.05, 4.69) is 20.1 Å². The summed E-state index contributed by atoms with van der Waals surface area (Å²) in [6.07, 6.45) is 6.92. The summed E-state index contributed by atoms with van der Waals surface area (Å²) >= 11 is 0. The van der Waals surface area contributed by atoms with Crippen molar-refractivity contribution in [3.63, 3.8) is 0 Å². The van der Waals surface area contributed by atoms with E-state index in [-0.39, 0.29) is 6.10 Å². The molecule has 0 saturated heterocycles. The van der Waals surface area contributed by atoms with Crippen LogP contribution >= 0.6 is 0 Å². The van der Waals surface area contributed by atoms with E-state index in [0.29, 0.717) is 5.92 Å². The van der Waals surface area contributed by atoms with Crippen molar-refractivity contribution in [2.24, 2.45) is 5.92 Å². The Balaban J connectivity index is 1.80. The number of aliphatic hydroxyl groups excluding tert-OH is 1. The number of aliphatic hydroxyl groups is 1. The molecule has 1 N–H and O–H groups in total. The molecule has 6 nitrogen and oxygen atoms in total. The minimum Gasteiger partial charge on any atom is -0.393 e. The molecule has 3 rings (SSSR count). The molecular formula is C11H15N5O. The first kappa shape index (κ1) is 10.5. The number of rotatable bonds is 3. The number of anilines is 1. The van der Waals surface area contributed by atoms with Crippen molar-refractivity contribution in [3.05, 3.63) is 18.7 Å². The summed E-state index contributed by atoms with van der Waals surface area (Å²) in [7, 11) is 2.00. The Bertz CT molecular complexity index is 519. The SMILES string of the molecule is CN(CC1CC(O)C1)c1nccn2cnnc12. The van der Waals surface area contributed by atoms with Gasteiger partial charge in [-0.15, -0.1) is 10.2 Å². The van der Waals surface area contributed by atoms with Gasteiger partial charge in [-0.25, -0.2) is 4.98 Å². The van der Waals surface area contributed by atoms with Crippen LogP contribution in [0.1, 0.15) is 12.8 Å². The average Bonchev–Trinajstić information content (AvgIpc) is 2.74. The summed E-state index contributed by atoms with van der Waals surface area (Å²) in [5, 5.41) is 17.2. The molecule has 2 aromatic rings. The van der Waals surface area contributed by atoms with E-state index < -0.39 is 0 Å². The topological polar surface area (TPSA) is 66.5 Å². The third-order valence-electron chi connectivity index (χ3n) is 3.30. The predicted octanol–water partition coefficient (Wildman–Crippen LogP) is 0.331. The van der Waals surface area contributed by atoms with E-state index in [1.54, 1.807) is 12.5 Å². The molecule has 0 bridgehead atoms. The van der Waals surface area contributed by atoms with Gasteiger partial charge in [0, 0.05) is 26.0 Å². The highest BCUT2D eigenvalue weighted by molar-refractivity contribution is 5.62. The lowest BCUT2D eigenvalue weighted by atomic mass is 9.82. The van der Waals surface area contributed by atoms with Crippen LogP contribution in [0.5, 0.6) is 0 Å². The van der Waals surface area contributed by atoms with Gasteiger partial charge in [-0.1, -0.05) is 0 Å².